The molecule has 0 fully saturated rings. The lowest BCUT2D eigenvalue weighted by Crippen LogP contribution is -2.05. The molecule has 0 bridgehead atoms. The third-order valence-electron chi connectivity index (χ3n) is 2.94. The highest BCUT2D eigenvalue weighted by molar-refractivity contribution is 5.55. The summed E-state index contributed by atoms with van der Waals surface area (Å²) in [7, 11) is 0. The Morgan fingerprint density at radius 3 is 2.68 bits per heavy atom. The average molecular weight is 294 g/mol. The summed E-state index contributed by atoms with van der Waals surface area (Å²) in [6.07, 6.45) is 3.08. The maximum absolute atomic E-state index is 5.88. The van der Waals surface area contributed by atoms with Crippen LogP contribution in [0.4, 0.5) is 5.95 Å². The van der Waals surface area contributed by atoms with Gasteiger partial charge in [-0.2, -0.15) is 19.5 Å². The number of aromatic nitrogens is 5. The van der Waals surface area contributed by atoms with E-state index in [1.54, 1.807) is 30.7 Å². The first-order chi connectivity index (χ1) is 10.8. The summed E-state index contributed by atoms with van der Waals surface area (Å²) >= 11 is 0. The van der Waals surface area contributed by atoms with Crippen LogP contribution in [0.2, 0.25) is 0 Å². The SMILES string of the molecule is Nc1nc(Oc2ccccc2)nc2nc(-c3ccoc3)nn12. The summed E-state index contributed by atoms with van der Waals surface area (Å²) in [6.45, 7) is 0. The van der Waals surface area contributed by atoms with Crippen molar-refractivity contribution in [2.24, 2.45) is 0 Å². The van der Waals surface area contributed by atoms with E-state index in [-0.39, 0.29) is 12.0 Å². The fourth-order valence-electron chi connectivity index (χ4n) is 1.94. The second-order valence-electron chi connectivity index (χ2n) is 4.44. The van der Waals surface area contributed by atoms with Crippen LogP contribution in [0.5, 0.6) is 11.8 Å². The van der Waals surface area contributed by atoms with E-state index in [0.717, 1.165) is 5.56 Å². The Morgan fingerprint density at radius 1 is 1.05 bits per heavy atom. The van der Waals surface area contributed by atoms with Crippen molar-refractivity contribution in [3.63, 3.8) is 0 Å². The molecule has 2 N–H and O–H groups in total. The summed E-state index contributed by atoms with van der Waals surface area (Å²) in [4.78, 5) is 12.6. The van der Waals surface area contributed by atoms with E-state index in [1.165, 1.54) is 4.52 Å². The predicted octanol–water partition coefficient (Wildman–Crippen LogP) is 2.15. The molecule has 0 aliphatic rings. The molecular formula is C14H10N6O2. The summed E-state index contributed by atoms with van der Waals surface area (Å²) in [5.41, 5.74) is 6.62. The third kappa shape index (κ3) is 2.12. The van der Waals surface area contributed by atoms with Crippen LogP contribution in [0.1, 0.15) is 0 Å². The van der Waals surface area contributed by atoms with E-state index < -0.39 is 0 Å². The number of anilines is 1. The first kappa shape index (κ1) is 12.3. The lowest BCUT2D eigenvalue weighted by Gasteiger charge is -2.03. The molecule has 3 heterocycles. The number of ether oxygens (including phenoxy) is 1. The van der Waals surface area contributed by atoms with Crippen LogP contribution in [0.15, 0.2) is 53.3 Å². The second kappa shape index (κ2) is 4.85. The number of benzene rings is 1. The van der Waals surface area contributed by atoms with Crippen molar-refractivity contribution in [1.82, 2.24) is 24.6 Å². The van der Waals surface area contributed by atoms with Crippen LogP contribution >= 0.6 is 0 Å². The molecule has 8 heteroatoms. The van der Waals surface area contributed by atoms with Gasteiger partial charge >= 0.3 is 6.01 Å². The standard InChI is InChI=1S/C14H10N6O2/c15-12-17-14(22-10-4-2-1-3-5-10)18-13-16-11(19-20(12)13)9-6-7-21-8-9/h1-8H,(H2,15,16,17,18,19). The number of hydrogen-bond acceptors (Lipinski definition) is 7. The van der Waals surface area contributed by atoms with Crippen LogP contribution in [0.3, 0.4) is 0 Å². The molecule has 0 aliphatic heterocycles. The van der Waals surface area contributed by atoms with Gasteiger partial charge in [-0.05, 0) is 18.2 Å². The fourth-order valence-corrected chi connectivity index (χ4v) is 1.94. The highest BCUT2D eigenvalue weighted by atomic mass is 16.5. The largest absolute Gasteiger partial charge is 0.472 e. The maximum Gasteiger partial charge on any atom is 0.328 e. The third-order valence-corrected chi connectivity index (χ3v) is 2.94. The van der Waals surface area contributed by atoms with Gasteiger partial charge in [0.1, 0.15) is 12.0 Å². The molecule has 0 radical (unpaired) electrons. The molecule has 0 saturated heterocycles. The van der Waals surface area contributed by atoms with Gasteiger partial charge in [0.15, 0.2) is 5.82 Å². The molecule has 22 heavy (non-hydrogen) atoms. The highest BCUT2D eigenvalue weighted by Gasteiger charge is 2.13. The van der Waals surface area contributed by atoms with Gasteiger partial charge < -0.3 is 14.9 Å². The Kier molecular flexibility index (Phi) is 2.72. The molecule has 0 amide bonds. The number of nitrogens with two attached hydrogens (primary N) is 1. The molecule has 3 aromatic heterocycles. The van der Waals surface area contributed by atoms with Gasteiger partial charge in [-0.25, -0.2) is 0 Å². The molecule has 8 nitrogen and oxygen atoms in total. The number of fused-ring (bicyclic) bond motifs is 1. The molecular weight excluding hydrogens is 284 g/mol. The number of furan rings is 1. The van der Waals surface area contributed by atoms with E-state index in [1.807, 2.05) is 18.2 Å². The van der Waals surface area contributed by atoms with Gasteiger partial charge in [0, 0.05) is 0 Å². The van der Waals surface area contributed by atoms with Crippen molar-refractivity contribution in [3.8, 4) is 23.1 Å². The second-order valence-corrected chi connectivity index (χ2v) is 4.44. The van der Waals surface area contributed by atoms with Crippen molar-refractivity contribution < 1.29 is 9.15 Å². The van der Waals surface area contributed by atoms with Crippen molar-refractivity contribution in [3.05, 3.63) is 48.9 Å². The number of para-hydroxylation sites is 1. The summed E-state index contributed by atoms with van der Waals surface area (Å²) in [6, 6.07) is 11.1. The Morgan fingerprint density at radius 2 is 1.91 bits per heavy atom. The van der Waals surface area contributed by atoms with Gasteiger partial charge in [-0.3, -0.25) is 0 Å². The van der Waals surface area contributed by atoms with Gasteiger partial charge in [0.05, 0.1) is 11.8 Å². The van der Waals surface area contributed by atoms with Crippen LogP contribution in [-0.4, -0.2) is 24.6 Å². The van der Waals surface area contributed by atoms with Crippen molar-refractivity contribution in [2.75, 3.05) is 5.73 Å². The van der Waals surface area contributed by atoms with E-state index in [2.05, 4.69) is 20.1 Å². The van der Waals surface area contributed by atoms with Gasteiger partial charge in [0.2, 0.25) is 5.95 Å². The molecule has 4 rings (SSSR count). The lowest BCUT2D eigenvalue weighted by molar-refractivity contribution is 0.441. The van der Waals surface area contributed by atoms with Gasteiger partial charge in [-0.15, -0.1) is 5.10 Å². The molecule has 0 spiro atoms. The Balaban J connectivity index is 1.76. The van der Waals surface area contributed by atoms with Gasteiger partial charge in [-0.1, -0.05) is 18.2 Å². The minimum atomic E-state index is 0.113. The van der Waals surface area contributed by atoms with Crippen LogP contribution < -0.4 is 10.5 Å². The predicted molar refractivity (Wildman–Crippen MR) is 77.2 cm³/mol. The highest BCUT2D eigenvalue weighted by Crippen LogP contribution is 2.21. The molecule has 4 aromatic rings. The monoisotopic (exact) mass is 294 g/mol. The van der Waals surface area contributed by atoms with E-state index in [4.69, 9.17) is 14.9 Å². The molecule has 1 aromatic carbocycles. The Bertz CT molecular complexity index is 917. The fraction of sp³-hybridized carbons (Fsp3) is 0. The van der Waals surface area contributed by atoms with Crippen LogP contribution in [0, 0.1) is 0 Å². The first-order valence-electron chi connectivity index (χ1n) is 6.45. The summed E-state index contributed by atoms with van der Waals surface area (Å²) < 4.78 is 11.9. The van der Waals surface area contributed by atoms with Crippen LogP contribution in [-0.2, 0) is 0 Å². The minimum absolute atomic E-state index is 0.113. The molecule has 0 aliphatic carbocycles. The molecule has 0 atom stereocenters. The normalized spacial score (nSPS) is 10.9. The number of hydrogen-bond donors (Lipinski definition) is 1. The average Bonchev–Trinajstić information content (AvgIpc) is 3.17. The van der Waals surface area contributed by atoms with Crippen molar-refractivity contribution in [1.29, 1.82) is 0 Å². The topological polar surface area (TPSA) is 104 Å². The molecule has 0 unspecified atom stereocenters. The van der Waals surface area contributed by atoms with Gasteiger partial charge in [0.25, 0.3) is 5.78 Å². The first-order valence-corrected chi connectivity index (χ1v) is 6.45. The summed E-state index contributed by atoms with van der Waals surface area (Å²) in [5.74, 6) is 1.50. The summed E-state index contributed by atoms with van der Waals surface area (Å²) in [5, 5.41) is 4.24. The lowest BCUT2D eigenvalue weighted by atomic mass is 10.3. The van der Waals surface area contributed by atoms with Crippen molar-refractivity contribution >= 4 is 11.7 Å². The Labute approximate surface area is 124 Å². The quantitative estimate of drug-likeness (QED) is 0.617. The number of nitrogen functional groups attached to an aromatic ring is 1. The molecule has 0 saturated carbocycles. The zero-order valence-corrected chi connectivity index (χ0v) is 11.2. The number of nitrogens with zero attached hydrogens (tertiary/aromatic N) is 5. The zero-order valence-electron chi connectivity index (χ0n) is 11.2. The van der Waals surface area contributed by atoms with E-state index in [9.17, 15) is 0 Å². The van der Waals surface area contributed by atoms with Crippen LogP contribution in [0.25, 0.3) is 17.2 Å². The minimum Gasteiger partial charge on any atom is -0.472 e. The Hall–Kier alpha value is -3.42. The molecule has 108 valence electrons. The van der Waals surface area contributed by atoms with E-state index in [0.29, 0.717) is 17.4 Å². The smallest absolute Gasteiger partial charge is 0.328 e. The zero-order chi connectivity index (χ0) is 14.9. The maximum atomic E-state index is 5.88. The number of rotatable bonds is 3. The van der Waals surface area contributed by atoms with E-state index >= 15 is 0 Å². The van der Waals surface area contributed by atoms with Crippen molar-refractivity contribution in [2.45, 2.75) is 0 Å².